The highest BCUT2D eigenvalue weighted by molar-refractivity contribution is 6.31. The van der Waals surface area contributed by atoms with Crippen LogP contribution in [0.25, 0.3) is 0 Å². The lowest BCUT2D eigenvalue weighted by Crippen LogP contribution is -2.42. The van der Waals surface area contributed by atoms with Gasteiger partial charge in [-0.2, -0.15) is 0 Å². The summed E-state index contributed by atoms with van der Waals surface area (Å²) in [5, 5.41) is 0. The number of rotatable bonds is 2. The van der Waals surface area contributed by atoms with Crippen molar-refractivity contribution in [3.05, 3.63) is 23.5 Å². The number of alkyl halides is 1. The molecule has 2 rings (SSSR count). The molecule has 0 fully saturated rings. The molecule has 0 N–H and O–H groups in total. The summed E-state index contributed by atoms with van der Waals surface area (Å²) in [6.45, 7) is 1.57. The molecule has 96 valence electrons. The minimum absolute atomic E-state index is 0.0613. The van der Waals surface area contributed by atoms with E-state index in [1.165, 1.54) is 11.9 Å². The summed E-state index contributed by atoms with van der Waals surface area (Å²) in [5.41, 5.74) is 0.303. The minimum atomic E-state index is -0.713. The van der Waals surface area contributed by atoms with Gasteiger partial charge in [-0.15, -0.1) is 11.6 Å². The Balaban J connectivity index is 2.63. The smallest absolute Gasteiger partial charge is 0.267 e. The number of amides is 1. The van der Waals surface area contributed by atoms with E-state index in [0.717, 1.165) is 12.1 Å². The van der Waals surface area contributed by atoms with E-state index in [0.29, 0.717) is 0 Å². The number of carbonyl (C=O) groups excluding carboxylic acids is 2. The normalized spacial score (nSPS) is 18.3. The predicted octanol–water partition coefficient (Wildman–Crippen LogP) is 1.99. The Kier molecular flexibility index (Phi) is 3.26. The van der Waals surface area contributed by atoms with Crippen LogP contribution in [-0.2, 0) is 4.79 Å². The third-order valence-corrected chi connectivity index (χ3v) is 3.03. The topological polar surface area (TPSA) is 46.6 Å². The Morgan fingerprint density at radius 3 is 2.83 bits per heavy atom. The average Bonchev–Trinajstić information content (AvgIpc) is 2.35. The number of anilines is 1. The maximum atomic E-state index is 13.5. The first-order chi connectivity index (χ1) is 8.45. The first-order valence-corrected chi connectivity index (χ1v) is 5.86. The Morgan fingerprint density at radius 2 is 2.22 bits per heavy atom. The van der Waals surface area contributed by atoms with Gasteiger partial charge in [-0.1, -0.05) is 0 Å². The SMILES string of the molecule is CC1Oc2c(C(=O)CCl)cc(F)cc2N(C)C1=O. The van der Waals surface area contributed by atoms with Gasteiger partial charge in [0.15, 0.2) is 17.6 Å². The van der Waals surface area contributed by atoms with Crippen LogP contribution in [0.2, 0.25) is 0 Å². The van der Waals surface area contributed by atoms with Crippen LogP contribution < -0.4 is 9.64 Å². The summed E-state index contributed by atoms with van der Waals surface area (Å²) < 4.78 is 18.8. The van der Waals surface area contributed by atoms with Crippen molar-refractivity contribution in [3.63, 3.8) is 0 Å². The summed E-state index contributed by atoms with van der Waals surface area (Å²) in [6, 6.07) is 2.23. The van der Waals surface area contributed by atoms with Crippen molar-refractivity contribution in [1.29, 1.82) is 0 Å². The molecule has 0 saturated heterocycles. The molecule has 1 atom stereocenters. The third-order valence-electron chi connectivity index (χ3n) is 2.79. The Bertz CT molecular complexity index is 532. The molecule has 1 aromatic rings. The quantitative estimate of drug-likeness (QED) is 0.610. The maximum absolute atomic E-state index is 13.5. The van der Waals surface area contributed by atoms with E-state index < -0.39 is 17.7 Å². The number of hydrogen-bond donors (Lipinski definition) is 0. The summed E-state index contributed by atoms with van der Waals surface area (Å²) in [7, 11) is 1.51. The first-order valence-electron chi connectivity index (χ1n) is 5.32. The maximum Gasteiger partial charge on any atom is 0.267 e. The molecule has 1 heterocycles. The lowest BCUT2D eigenvalue weighted by Gasteiger charge is -2.31. The second kappa shape index (κ2) is 4.57. The second-order valence-corrected chi connectivity index (χ2v) is 4.28. The van der Waals surface area contributed by atoms with Gasteiger partial charge in [0, 0.05) is 13.1 Å². The fourth-order valence-corrected chi connectivity index (χ4v) is 1.99. The van der Waals surface area contributed by atoms with Gasteiger partial charge in [0.2, 0.25) is 0 Å². The molecule has 0 saturated carbocycles. The van der Waals surface area contributed by atoms with Crippen LogP contribution in [0.3, 0.4) is 0 Å². The van der Waals surface area contributed by atoms with E-state index in [-0.39, 0.29) is 28.8 Å². The molecular formula is C12H11ClFNO3. The molecule has 6 heteroatoms. The molecule has 1 amide bonds. The third kappa shape index (κ3) is 1.95. The van der Waals surface area contributed by atoms with E-state index in [2.05, 4.69) is 0 Å². The Hall–Kier alpha value is -1.62. The van der Waals surface area contributed by atoms with Crippen LogP contribution >= 0.6 is 11.6 Å². The Morgan fingerprint density at radius 1 is 1.56 bits per heavy atom. The molecule has 1 unspecified atom stereocenters. The summed E-state index contributed by atoms with van der Waals surface area (Å²) >= 11 is 5.47. The van der Waals surface area contributed by atoms with Crippen molar-refractivity contribution in [1.82, 2.24) is 0 Å². The average molecular weight is 272 g/mol. The number of hydrogen-bond acceptors (Lipinski definition) is 3. The lowest BCUT2D eigenvalue weighted by atomic mass is 10.1. The lowest BCUT2D eigenvalue weighted by molar-refractivity contribution is -0.125. The van der Waals surface area contributed by atoms with Gasteiger partial charge in [0.1, 0.15) is 5.82 Å². The number of halogens is 2. The van der Waals surface area contributed by atoms with Gasteiger partial charge < -0.3 is 9.64 Å². The first kappa shape index (κ1) is 12.8. The van der Waals surface area contributed by atoms with Gasteiger partial charge in [0.25, 0.3) is 5.91 Å². The van der Waals surface area contributed by atoms with Crippen molar-refractivity contribution >= 4 is 29.0 Å². The predicted molar refractivity (Wildman–Crippen MR) is 65.0 cm³/mol. The van der Waals surface area contributed by atoms with Crippen LogP contribution in [0.15, 0.2) is 12.1 Å². The Labute approximate surface area is 108 Å². The van der Waals surface area contributed by atoms with Gasteiger partial charge >= 0.3 is 0 Å². The molecule has 0 aromatic heterocycles. The van der Waals surface area contributed by atoms with E-state index in [1.54, 1.807) is 6.92 Å². The summed E-state index contributed by atoms with van der Waals surface area (Å²) in [6.07, 6.45) is -0.713. The van der Waals surface area contributed by atoms with Crippen LogP contribution in [0, 0.1) is 5.82 Å². The van der Waals surface area contributed by atoms with E-state index in [1.807, 2.05) is 0 Å². The zero-order valence-electron chi connectivity index (χ0n) is 9.87. The molecule has 4 nitrogen and oxygen atoms in total. The summed E-state index contributed by atoms with van der Waals surface area (Å²) in [4.78, 5) is 24.6. The molecule has 18 heavy (non-hydrogen) atoms. The molecule has 0 bridgehead atoms. The number of Topliss-reactive ketones (excluding diaryl/α,β-unsaturated/α-hetero) is 1. The second-order valence-electron chi connectivity index (χ2n) is 4.02. The van der Waals surface area contributed by atoms with Gasteiger partial charge in [-0.05, 0) is 13.0 Å². The van der Waals surface area contributed by atoms with Gasteiger partial charge in [-0.25, -0.2) is 4.39 Å². The fraction of sp³-hybridized carbons (Fsp3) is 0.333. The highest BCUT2D eigenvalue weighted by atomic mass is 35.5. The van der Waals surface area contributed by atoms with Crippen LogP contribution in [0.5, 0.6) is 5.75 Å². The number of ketones is 1. The number of ether oxygens (including phenoxy) is 1. The van der Waals surface area contributed by atoms with Crippen molar-refractivity contribution < 1.29 is 18.7 Å². The van der Waals surface area contributed by atoms with Crippen molar-refractivity contribution in [2.75, 3.05) is 17.8 Å². The van der Waals surface area contributed by atoms with Gasteiger partial charge in [0.05, 0.1) is 17.1 Å². The van der Waals surface area contributed by atoms with Crippen LogP contribution in [-0.4, -0.2) is 30.7 Å². The number of nitrogens with zero attached hydrogens (tertiary/aromatic N) is 1. The number of carbonyl (C=O) groups is 2. The van der Waals surface area contributed by atoms with Crippen LogP contribution in [0.1, 0.15) is 17.3 Å². The fourth-order valence-electron chi connectivity index (χ4n) is 1.85. The van der Waals surface area contributed by atoms with E-state index in [4.69, 9.17) is 16.3 Å². The highest BCUT2D eigenvalue weighted by Gasteiger charge is 2.32. The highest BCUT2D eigenvalue weighted by Crippen LogP contribution is 2.37. The van der Waals surface area contributed by atoms with E-state index >= 15 is 0 Å². The minimum Gasteiger partial charge on any atom is -0.478 e. The van der Waals surface area contributed by atoms with Crippen molar-refractivity contribution in [3.8, 4) is 5.75 Å². The molecule has 1 aromatic carbocycles. The monoisotopic (exact) mass is 271 g/mol. The molecule has 1 aliphatic heterocycles. The number of likely N-dealkylation sites (N-methyl/N-ethyl adjacent to an activating group) is 1. The number of benzene rings is 1. The van der Waals surface area contributed by atoms with Crippen LogP contribution in [0.4, 0.5) is 10.1 Å². The molecule has 0 radical (unpaired) electrons. The molecular weight excluding hydrogens is 261 g/mol. The van der Waals surface area contributed by atoms with Crippen molar-refractivity contribution in [2.24, 2.45) is 0 Å². The standard InChI is InChI=1S/C12H11ClFNO3/c1-6-12(17)15(2)9-4-7(14)3-8(10(16)5-13)11(9)18-6/h3-4,6H,5H2,1-2H3. The van der Waals surface area contributed by atoms with Crippen molar-refractivity contribution in [2.45, 2.75) is 13.0 Å². The molecule has 0 spiro atoms. The largest absolute Gasteiger partial charge is 0.478 e. The molecule has 0 aliphatic carbocycles. The zero-order chi connectivity index (χ0) is 13.4. The zero-order valence-corrected chi connectivity index (χ0v) is 10.6. The van der Waals surface area contributed by atoms with Gasteiger partial charge in [-0.3, -0.25) is 9.59 Å². The number of fused-ring (bicyclic) bond motifs is 1. The molecule has 1 aliphatic rings. The summed E-state index contributed by atoms with van der Waals surface area (Å²) in [5.74, 6) is -1.41. The van der Waals surface area contributed by atoms with E-state index in [9.17, 15) is 14.0 Å².